The Balaban J connectivity index is 0.000000336. The lowest BCUT2D eigenvalue weighted by Crippen LogP contribution is -1.75. The lowest BCUT2D eigenvalue weighted by atomic mass is 10.2. The molecule has 84 valence electrons. The number of carbonyl (C=O) groups excluding carboxylic acids is 1. The van der Waals surface area contributed by atoms with Gasteiger partial charge in [0.25, 0.3) is 0 Å². The predicted octanol–water partition coefficient (Wildman–Crippen LogP) is 2.10. The SMILES string of the molecule is CCCC=O.Cc1c(O)cc(O)cc1O. The summed E-state index contributed by atoms with van der Waals surface area (Å²) in [6.07, 6.45) is 2.61. The Labute approximate surface area is 88.8 Å². The van der Waals surface area contributed by atoms with Crippen LogP contribution in [0.15, 0.2) is 12.1 Å². The first-order chi connectivity index (χ1) is 7.02. The van der Waals surface area contributed by atoms with Crippen molar-refractivity contribution in [2.75, 3.05) is 0 Å². The maximum Gasteiger partial charge on any atom is 0.125 e. The van der Waals surface area contributed by atoms with E-state index in [4.69, 9.17) is 15.3 Å². The van der Waals surface area contributed by atoms with Crippen molar-refractivity contribution in [3.8, 4) is 17.2 Å². The van der Waals surface area contributed by atoms with Gasteiger partial charge in [-0.25, -0.2) is 0 Å². The number of phenolic OH excluding ortho intramolecular Hbond substituents is 3. The molecule has 0 amide bonds. The van der Waals surface area contributed by atoms with E-state index < -0.39 is 0 Å². The van der Waals surface area contributed by atoms with E-state index in [0.717, 1.165) is 12.7 Å². The van der Waals surface area contributed by atoms with Crippen LogP contribution in [0.5, 0.6) is 17.2 Å². The van der Waals surface area contributed by atoms with Crippen molar-refractivity contribution in [3.05, 3.63) is 17.7 Å². The first kappa shape index (κ1) is 13.3. The van der Waals surface area contributed by atoms with Crippen molar-refractivity contribution in [1.29, 1.82) is 0 Å². The molecule has 0 atom stereocenters. The molecule has 1 aromatic rings. The Morgan fingerprint density at radius 2 is 1.67 bits per heavy atom. The van der Waals surface area contributed by atoms with Crippen LogP contribution in [-0.4, -0.2) is 21.6 Å². The predicted molar refractivity (Wildman–Crippen MR) is 57.1 cm³/mol. The van der Waals surface area contributed by atoms with E-state index in [1.807, 2.05) is 6.92 Å². The monoisotopic (exact) mass is 212 g/mol. The van der Waals surface area contributed by atoms with Crippen LogP contribution in [0.2, 0.25) is 0 Å². The third-order valence-electron chi connectivity index (χ3n) is 1.74. The van der Waals surface area contributed by atoms with Gasteiger partial charge in [0.2, 0.25) is 0 Å². The van der Waals surface area contributed by atoms with Crippen LogP contribution >= 0.6 is 0 Å². The van der Waals surface area contributed by atoms with Gasteiger partial charge in [0, 0.05) is 24.1 Å². The van der Waals surface area contributed by atoms with E-state index in [-0.39, 0.29) is 17.2 Å². The first-order valence-electron chi connectivity index (χ1n) is 4.68. The zero-order valence-corrected chi connectivity index (χ0v) is 8.90. The van der Waals surface area contributed by atoms with Gasteiger partial charge in [-0.15, -0.1) is 0 Å². The fourth-order valence-corrected chi connectivity index (χ4v) is 0.787. The van der Waals surface area contributed by atoms with Gasteiger partial charge in [-0.2, -0.15) is 0 Å². The first-order valence-corrected chi connectivity index (χ1v) is 4.68. The molecule has 4 nitrogen and oxygen atoms in total. The average Bonchev–Trinajstić information content (AvgIpc) is 2.16. The van der Waals surface area contributed by atoms with Crippen molar-refractivity contribution < 1.29 is 20.1 Å². The molecule has 0 aliphatic rings. The number of unbranched alkanes of at least 4 members (excludes halogenated alkanes) is 1. The van der Waals surface area contributed by atoms with Crippen LogP contribution < -0.4 is 0 Å². The molecule has 0 spiro atoms. The molecule has 0 bridgehead atoms. The highest BCUT2D eigenvalue weighted by molar-refractivity contribution is 5.48. The van der Waals surface area contributed by atoms with E-state index in [1.165, 1.54) is 12.1 Å². The fraction of sp³-hybridized carbons (Fsp3) is 0.364. The Morgan fingerprint density at radius 1 is 1.20 bits per heavy atom. The number of hydrogen-bond donors (Lipinski definition) is 3. The van der Waals surface area contributed by atoms with Crippen molar-refractivity contribution in [2.24, 2.45) is 0 Å². The van der Waals surface area contributed by atoms with Gasteiger partial charge >= 0.3 is 0 Å². The summed E-state index contributed by atoms with van der Waals surface area (Å²) in [5.74, 6) is -0.337. The average molecular weight is 212 g/mol. The quantitative estimate of drug-likeness (QED) is 0.656. The van der Waals surface area contributed by atoms with E-state index in [0.29, 0.717) is 12.0 Å². The van der Waals surface area contributed by atoms with Crippen molar-refractivity contribution in [3.63, 3.8) is 0 Å². The molecule has 4 heteroatoms. The summed E-state index contributed by atoms with van der Waals surface area (Å²) in [6, 6.07) is 2.35. The van der Waals surface area contributed by atoms with Gasteiger partial charge in [0.05, 0.1) is 0 Å². The van der Waals surface area contributed by atoms with Crippen LogP contribution in [0.25, 0.3) is 0 Å². The largest absolute Gasteiger partial charge is 0.508 e. The van der Waals surface area contributed by atoms with Crippen LogP contribution in [0, 0.1) is 6.92 Å². The summed E-state index contributed by atoms with van der Waals surface area (Å²) in [7, 11) is 0. The van der Waals surface area contributed by atoms with Gasteiger partial charge in [-0.05, 0) is 13.3 Å². The second kappa shape index (κ2) is 6.70. The summed E-state index contributed by atoms with van der Waals surface area (Å²) in [4.78, 5) is 9.40. The molecule has 3 N–H and O–H groups in total. The number of aromatic hydroxyl groups is 3. The molecule has 0 unspecified atom stereocenters. The Bertz CT molecular complexity index is 297. The molecule has 1 aromatic carbocycles. The van der Waals surface area contributed by atoms with Crippen molar-refractivity contribution in [2.45, 2.75) is 26.7 Å². The lowest BCUT2D eigenvalue weighted by Gasteiger charge is -2.01. The Hall–Kier alpha value is -1.71. The second-order valence-electron chi connectivity index (χ2n) is 3.06. The van der Waals surface area contributed by atoms with Gasteiger partial charge in [-0.3, -0.25) is 0 Å². The van der Waals surface area contributed by atoms with E-state index in [2.05, 4.69) is 0 Å². The molecule has 0 saturated heterocycles. The molecule has 0 aromatic heterocycles. The number of phenols is 3. The van der Waals surface area contributed by atoms with Crippen LogP contribution in [0.1, 0.15) is 25.3 Å². The molecule has 0 aliphatic carbocycles. The Morgan fingerprint density at radius 3 is 1.93 bits per heavy atom. The summed E-state index contributed by atoms with van der Waals surface area (Å²) >= 11 is 0. The maximum atomic E-state index is 9.40. The van der Waals surface area contributed by atoms with Gasteiger partial charge in [0.15, 0.2) is 0 Å². The fourth-order valence-electron chi connectivity index (χ4n) is 0.787. The number of hydrogen-bond acceptors (Lipinski definition) is 4. The van der Waals surface area contributed by atoms with Gasteiger partial charge < -0.3 is 20.1 Å². The number of rotatable bonds is 2. The maximum absolute atomic E-state index is 9.40. The Kier molecular flexibility index (Phi) is 5.94. The van der Waals surface area contributed by atoms with Crippen molar-refractivity contribution >= 4 is 6.29 Å². The molecule has 0 fully saturated rings. The minimum atomic E-state index is -0.138. The summed E-state index contributed by atoms with van der Waals surface area (Å²) < 4.78 is 0. The summed E-state index contributed by atoms with van der Waals surface area (Å²) in [6.45, 7) is 3.54. The van der Waals surface area contributed by atoms with Crippen molar-refractivity contribution in [1.82, 2.24) is 0 Å². The number of aldehydes is 1. The third kappa shape index (κ3) is 4.90. The topological polar surface area (TPSA) is 77.8 Å². The summed E-state index contributed by atoms with van der Waals surface area (Å²) in [5.41, 5.74) is 0.373. The van der Waals surface area contributed by atoms with Crippen LogP contribution in [0.4, 0.5) is 0 Å². The molecule has 0 aliphatic heterocycles. The third-order valence-corrected chi connectivity index (χ3v) is 1.74. The van der Waals surface area contributed by atoms with Gasteiger partial charge in [0.1, 0.15) is 23.5 Å². The molecular formula is C11H16O4. The zero-order valence-electron chi connectivity index (χ0n) is 8.90. The second-order valence-corrected chi connectivity index (χ2v) is 3.06. The van der Waals surface area contributed by atoms with E-state index in [9.17, 15) is 4.79 Å². The zero-order chi connectivity index (χ0) is 11.8. The smallest absolute Gasteiger partial charge is 0.125 e. The standard InChI is InChI=1S/C7H8O3.C4H8O/c1-4-6(9)2-5(8)3-7(4)10;1-2-3-4-5/h2-3,8-10H,1H3;4H,2-3H2,1H3. The highest BCUT2D eigenvalue weighted by Crippen LogP contribution is 2.30. The lowest BCUT2D eigenvalue weighted by molar-refractivity contribution is -0.107. The normalized spacial score (nSPS) is 8.93. The minimum absolute atomic E-state index is 0.0995. The minimum Gasteiger partial charge on any atom is -0.508 e. The molecular weight excluding hydrogens is 196 g/mol. The number of benzene rings is 1. The molecule has 0 radical (unpaired) electrons. The van der Waals surface area contributed by atoms with E-state index in [1.54, 1.807) is 6.92 Å². The van der Waals surface area contributed by atoms with Crippen LogP contribution in [0.3, 0.4) is 0 Å². The molecule has 1 rings (SSSR count). The summed E-state index contributed by atoms with van der Waals surface area (Å²) in [5, 5.41) is 26.7. The number of carbonyl (C=O) groups is 1. The highest BCUT2D eigenvalue weighted by atomic mass is 16.3. The van der Waals surface area contributed by atoms with Gasteiger partial charge in [-0.1, -0.05) is 6.92 Å². The van der Waals surface area contributed by atoms with Crippen LogP contribution in [-0.2, 0) is 4.79 Å². The highest BCUT2D eigenvalue weighted by Gasteiger charge is 2.02. The molecule has 0 heterocycles. The molecule has 15 heavy (non-hydrogen) atoms. The molecule has 0 saturated carbocycles. The van der Waals surface area contributed by atoms with E-state index >= 15 is 0 Å².